The molecule has 3 aromatic rings. The number of nitrogens with zero attached hydrogens (tertiary/aromatic N) is 2. The number of aryl methyl sites for hydroxylation is 2. The molecule has 0 saturated carbocycles. The van der Waals surface area contributed by atoms with E-state index in [4.69, 9.17) is 9.72 Å². The van der Waals surface area contributed by atoms with Gasteiger partial charge in [0.25, 0.3) is 5.56 Å². The normalized spacial score (nSPS) is 20.8. The second-order valence-corrected chi connectivity index (χ2v) is 8.60. The highest BCUT2D eigenvalue weighted by atomic mass is 16.5. The van der Waals surface area contributed by atoms with E-state index in [2.05, 4.69) is 11.4 Å². The van der Waals surface area contributed by atoms with Crippen molar-refractivity contribution in [3.8, 4) is 17.1 Å². The highest BCUT2D eigenvalue weighted by Gasteiger charge is 2.45. The molecule has 0 unspecified atom stereocenters. The number of aromatic nitrogens is 2. The molecule has 4 heterocycles. The van der Waals surface area contributed by atoms with Crippen LogP contribution in [0.4, 0.5) is 5.69 Å². The van der Waals surface area contributed by atoms with E-state index in [-0.39, 0.29) is 29.9 Å². The molecule has 2 aromatic heterocycles. The fourth-order valence-electron chi connectivity index (χ4n) is 5.52. The monoisotopic (exact) mass is 417 g/mol. The third-order valence-electron chi connectivity index (χ3n) is 7.18. The van der Waals surface area contributed by atoms with Gasteiger partial charge in [-0.05, 0) is 55.0 Å². The van der Waals surface area contributed by atoms with Gasteiger partial charge >= 0.3 is 0 Å². The van der Waals surface area contributed by atoms with Gasteiger partial charge in [-0.15, -0.1) is 0 Å². The predicted octanol–water partition coefficient (Wildman–Crippen LogP) is 2.51. The first kappa shape index (κ1) is 18.6. The topological polar surface area (TPSA) is 93.5 Å². The van der Waals surface area contributed by atoms with Crippen molar-refractivity contribution in [3.05, 3.63) is 50.8 Å². The van der Waals surface area contributed by atoms with Crippen molar-refractivity contribution in [2.45, 2.75) is 44.8 Å². The summed E-state index contributed by atoms with van der Waals surface area (Å²) in [5.74, 6) is -0.340. The Morgan fingerprint density at radius 3 is 2.81 bits per heavy atom. The Balaban J connectivity index is 1.66. The van der Waals surface area contributed by atoms with Crippen molar-refractivity contribution in [2.75, 3.05) is 19.0 Å². The van der Waals surface area contributed by atoms with Gasteiger partial charge in [0, 0.05) is 29.2 Å². The Labute approximate surface area is 178 Å². The quantitative estimate of drug-likeness (QED) is 0.521. The number of rotatable bonds is 2. The molecule has 0 radical (unpaired) electrons. The number of carbonyl (C=O) groups excluding carboxylic acids is 1. The van der Waals surface area contributed by atoms with Gasteiger partial charge < -0.3 is 15.2 Å². The molecule has 3 aliphatic rings. The summed E-state index contributed by atoms with van der Waals surface area (Å²) in [5.41, 5.74) is 5.30. The molecule has 31 heavy (non-hydrogen) atoms. The number of pyridine rings is 2. The lowest BCUT2D eigenvalue weighted by Gasteiger charge is -2.32. The van der Waals surface area contributed by atoms with Crippen molar-refractivity contribution in [1.82, 2.24) is 9.55 Å². The first-order valence-electron chi connectivity index (χ1n) is 10.8. The van der Waals surface area contributed by atoms with E-state index < -0.39 is 11.4 Å². The Hall–Kier alpha value is -3.19. The van der Waals surface area contributed by atoms with Gasteiger partial charge in [0.2, 0.25) is 5.78 Å². The molecule has 0 spiro atoms. The van der Waals surface area contributed by atoms with E-state index in [0.717, 1.165) is 41.7 Å². The van der Waals surface area contributed by atoms with Crippen LogP contribution in [0.15, 0.2) is 23.0 Å². The van der Waals surface area contributed by atoms with Crippen LogP contribution in [0.2, 0.25) is 0 Å². The fraction of sp³-hybridized carbons (Fsp3) is 0.375. The molecular weight excluding hydrogens is 394 g/mol. The van der Waals surface area contributed by atoms with Gasteiger partial charge in [0.05, 0.1) is 23.4 Å². The number of ketones is 1. The van der Waals surface area contributed by atoms with E-state index in [0.29, 0.717) is 12.2 Å². The molecule has 0 amide bonds. The van der Waals surface area contributed by atoms with Crippen LogP contribution in [0.3, 0.4) is 0 Å². The van der Waals surface area contributed by atoms with Crippen molar-refractivity contribution >= 4 is 22.4 Å². The van der Waals surface area contributed by atoms with Crippen LogP contribution >= 0.6 is 0 Å². The molecule has 0 fully saturated rings. The lowest BCUT2D eigenvalue weighted by molar-refractivity contribution is -0.143. The molecule has 0 saturated heterocycles. The number of hydrogen-bond donors (Lipinski definition) is 2. The van der Waals surface area contributed by atoms with Gasteiger partial charge in [-0.3, -0.25) is 14.2 Å². The van der Waals surface area contributed by atoms with Gasteiger partial charge in [0.15, 0.2) is 18.0 Å². The summed E-state index contributed by atoms with van der Waals surface area (Å²) < 4.78 is 7.18. The predicted molar refractivity (Wildman–Crippen MR) is 117 cm³/mol. The number of aliphatic hydroxyl groups is 1. The highest BCUT2D eigenvalue weighted by molar-refractivity contribution is 5.95. The van der Waals surface area contributed by atoms with Crippen LogP contribution in [-0.2, 0) is 29.8 Å². The molecular formula is C24H23N3O4. The zero-order valence-electron chi connectivity index (χ0n) is 17.5. The maximum absolute atomic E-state index is 13.3. The number of ether oxygens (including phenoxy) is 1. The molecule has 1 aromatic carbocycles. The lowest BCUT2D eigenvalue weighted by atomic mass is 9.84. The smallest absolute Gasteiger partial charge is 0.294 e. The van der Waals surface area contributed by atoms with E-state index in [1.165, 1.54) is 16.5 Å². The summed E-state index contributed by atoms with van der Waals surface area (Å²) in [6, 6.07) is 5.82. The number of hydrogen-bond acceptors (Lipinski definition) is 6. The number of Topliss-reactive ketones (excluding diaryl/α,β-unsaturated/α-hetero) is 1. The maximum atomic E-state index is 13.3. The van der Waals surface area contributed by atoms with Crippen molar-refractivity contribution < 1.29 is 14.6 Å². The number of benzene rings is 1. The maximum Gasteiger partial charge on any atom is 0.294 e. The van der Waals surface area contributed by atoms with Crippen LogP contribution in [0.1, 0.15) is 42.0 Å². The van der Waals surface area contributed by atoms with Crippen LogP contribution < -0.4 is 15.6 Å². The van der Waals surface area contributed by atoms with Crippen LogP contribution in [-0.4, -0.2) is 34.1 Å². The zero-order valence-corrected chi connectivity index (χ0v) is 17.5. The minimum atomic E-state index is -1.70. The van der Waals surface area contributed by atoms with Crippen LogP contribution in [0.5, 0.6) is 5.75 Å². The van der Waals surface area contributed by atoms with Gasteiger partial charge in [0.1, 0.15) is 0 Å². The molecule has 7 nitrogen and oxygen atoms in total. The molecule has 158 valence electrons. The minimum absolute atomic E-state index is 0.0804. The van der Waals surface area contributed by atoms with Crippen molar-refractivity contribution in [2.24, 2.45) is 0 Å². The van der Waals surface area contributed by atoms with Gasteiger partial charge in [-0.25, -0.2) is 4.98 Å². The second-order valence-electron chi connectivity index (χ2n) is 8.60. The SMILES string of the molecule is CC[C@@]1(O)C(=O)COc2c1cc1n(c2=O)Cc2c-1nc1ccc(NC)c3c1c2CCC3. The summed E-state index contributed by atoms with van der Waals surface area (Å²) in [6.07, 6.45) is 3.18. The highest BCUT2D eigenvalue weighted by Crippen LogP contribution is 2.44. The second kappa shape index (κ2) is 6.17. The molecule has 2 N–H and O–H groups in total. The van der Waals surface area contributed by atoms with Gasteiger partial charge in [-0.1, -0.05) is 6.92 Å². The molecule has 0 bridgehead atoms. The molecule has 6 rings (SSSR count). The number of nitrogens with one attached hydrogen (secondary N) is 1. The standard InChI is InChI=1S/C24H23N3O4/c1-3-24(30)15-9-18-21-14(10-27(18)23(29)22(15)31-11-19(24)28)12-5-4-6-13-16(25-2)7-8-17(26-21)20(12)13/h7-9,25,30H,3-6,10-11H2,1-2H3/t24-/m0/s1. The Morgan fingerprint density at radius 1 is 1.23 bits per heavy atom. The first-order valence-corrected chi connectivity index (χ1v) is 10.8. The Morgan fingerprint density at radius 2 is 2.03 bits per heavy atom. The average Bonchev–Trinajstić information content (AvgIpc) is 3.16. The Kier molecular flexibility index (Phi) is 3.69. The summed E-state index contributed by atoms with van der Waals surface area (Å²) in [6.45, 7) is 1.88. The summed E-state index contributed by atoms with van der Waals surface area (Å²) in [5, 5.41) is 15.6. The summed E-state index contributed by atoms with van der Waals surface area (Å²) in [4.78, 5) is 30.7. The number of anilines is 1. The molecule has 1 atom stereocenters. The van der Waals surface area contributed by atoms with E-state index in [1.807, 2.05) is 13.1 Å². The van der Waals surface area contributed by atoms with E-state index in [9.17, 15) is 14.7 Å². The molecule has 2 aliphatic heterocycles. The number of fused-ring (bicyclic) bond motifs is 5. The van der Waals surface area contributed by atoms with E-state index >= 15 is 0 Å². The third-order valence-corrected chi connectivity index (χ3v) is 7.18. The molecule has 7 heteroatoms. The van der Waals surface area contributed by atoms with Crippen molar-refractivity contribution in [1.29, 1.82) is 0 Å². The fourth-order valence-corrected chi connectivity index (χ4v) is 5.52. The first-order chi connectivity index (χ1) is 15.0. The lowest BCUT2D eigenvalue weighted by Crippen LogP contribution is -2.45. The van der Waals surface area contributed by atoms with Crippen molar-refractivity contribution in [3.63, 3.8) is 0 Å². The Bertz CT molecular complexity index is 1370. The largest absolute Gasteiger partial charge is 0.480 e. The zero-order chi connectivity index (χ0) is 21.5. The van der Waals surface area contributed by atoms with Crippen LogP contribution in [0.25, 0.3) is 22.3 Å². The number of carbonyl (C=O) groups is 1. The van der Waals surface area contributed by atoms with Gasteiger partial charge in [-0.2, -0.15) is 0 Å². The summed E-state index contributed by atoms with van der Waals surface area (Å²) in [7, 11) is 1.93. The summed E-state index contributed by atoms with van der Waals surface area (Å²) >= 11 is 0. The molecule has 1 aliphatic carbocycles. The van der Waals surface area contributed by atoms with E-state index in [1.54, 1.807) is 17.6 Å². The average molecular weight is 417 g/mol. The van der Waals surface area contributed by atoms with Crippen LogP contribution in [0, 0.1) is 0 Å². The third kappa shape index (κ3) is 2.24. The minimum Gasteiger partial charge on any atom is -0.480 e.